The fourth-order valence-corrected chi connectivity index (χ4v) is 1.80. The summed E-state index contributed by atoms with van der Waals surface area (Å²) < 4.78 is 0.0984. The van der Waals surface area contributed by atoms with Crippen LogP contribution in [0.2, 0.25) is 0 Å². The Morgan fingerprint density at radius 2 is 2.17 bits per heavy atom. The smallest absolute Gasteiger partial charge is 0.284 e. The van der Waals surface area contributed by atoms with Gasteiger partial charge in [0, 0.05) is 6.07 Å². The summed E-state index contributed by atoms with van der Waals surface area (Å²) in [6.07, 6.45) is 0. The van der Waals surface area contributed by atoms with Gasteiger partial charge in [-0.2, -0.15) is 5.26 Å². The monoisotopic (exact) mass is 311 g/mol. The van der Waals surface area contributed by atoms with Crippen molar-refractivity contribution in [2.45, 2.75) is 19.4 Å². The second-order valence-corrected chi connectivity index (χ2v) is 4.88. The summed E-state index contributed by atoms with van der Waals surface area (Å²) in [5, 5.41) is 22.0. The van der Waals surface area contributed by atoms with Crippen LogP contribution in [0.3, 0.4) is 0 Å². The van der Waals surface area contributed by atoms with Crippen LogP contribution in [0.1, 0.15) is 24.2 Å². The van der Waals surface area contributed by atoms with Gasteiger partial charge in [-0.1, -0.05) is 6.07 Å². The number of halogens is 1. The van der Waals surface area contributed by atoms with Crippen molar-refractivity contribution in [3.8, 4) is 6.07 Å². The van der Waals surface area contributed by atoms with E-state index >= 15 is 0 Å². The van der Waals surface area contributed by atoms with Crippen molar-refractivity contribution in [3.05, 3.63) is 38.3 Å². The molecule has 0 unspecified atom stereocenters. The Balaban J connectivity index is 3.13. The van der Waals surface area contributed by atoms with Crippen LogP contribution in [0.15, 0.2) is 22.7 Å². The summed E-state index contributed by atoms with van der Waals surface area (Å²) in [4.78, 5) is 22.0. The minimum Gasteiger partial charge on any atom is -0.334 e. The van der Waals surface area contributed by atoms with E-state index in [0.717, 1.165) is 0 Å². The minimum atomic E-state index is -1.04. The molecule has 1 rings (SSSR count). The number of hydrogen-bond acceptors (Lipinski definition) is 4. The van der Waals surface area contributed by atoms with Crippen LogP contribution in [0.25, 0.3) is 0 Å². The van der Waals surface area contributed by atoms with Crippen molar-refractivity contribution in [1.82, 2.24) is 5.32 Å². The van der Waals surface area contributed by atoms with Crippen LogP contribution >= 0.6 is 15.9 Å². The van der Waals surface area contributed by atoms with Crippen LogP contribution < -0.4 is 5.32 Å². The largest absolute Gasteiger partial charge is 0.334 e. The lowest BCUT2D eigenvalue weighted by molar-refractivity contribution is -0.385. The third-order valence-corrected chi connectivity index (χ3v) is 2.96. The van der Waals surface area contributed by atoms with E-state index in [-0.39, 0.29) is 15.7 Å². The molecule has 6 nitrogen and oxygen atoms in total. The first-order chi connectivity index (χ1) is 8.28. The average molecular weight is 312 g/mol. The van der Waals surface area contributed by atoms with Gasteiger partial charge in [-0.3, -0.25) is 14.9 Å². The van der Waals surface area contributed by atoms with Gasteiger partial charge in [0.05, 0.1) is 16.6 Å². The molecular formula is C11H10BrN3O3. The van der Waals surface area contributed by atoms with Gasteiger partial charge in [-0.15, -0.1) is 0 Å². The Kier molecular flexibility index (Phi) is 4.03. The average Bonchev–Trinajstić information content (AvgIpc) is 2.28. The SMILES string of the molecule is CC(C)(C#N)NC(=O)c1cccc([N+](=O)[O-])c1Br. The summed E-state index contributed by atoms with van der Waals surface area (Å²) >= 11 is 3.03. The predicted octanol–water partition coefficient (Wildman–Crippen LogP) is 2.39. The highest BCUT2D eigenvalue weighted by Crippen LogP contribution is 2.28. The zero-order valence-corrected chi connectivity index (χ0v) is 11.3. The van der Waals surface area contributed by atoms with E-state index in [2.05, 4.69) is 21.2 Å². The topological polar surface area (TPSA) is 96.0 Å². The van der Waals surface area contributed by atoms with Gasteiger partial charge in [0.1, 0.15) is 10.0 Å². The minimum absolute atomic E-state index is 0.0984. The molecule has 0 heterocycles. The second-order valence-electron chi connectivity index (χ2n) is 4.09. The number of benzene rings is 1. The van der Waals surface area contributed by atoms with Gasteiger partial charge in [-0.05, 0) is 35.8 Å². The number of carbonyl (C=O) groups excluding carboxylic acids is 1. The maximum absolute atomic E-state index is 11.9. The molecule has 1 aromatic rings. The molecule has 0 aliphatic rings. The molecule has 0 radical (unpaired) electrons. The summed E-state index contributed by atoms with van der Waals surface area (Å²) in [5.41, 5.74) is -1.12. The van der Waals surface area contributed by atoms with Crippen LogP contribution in [-0.2, 0) is 0 Å². The molecule has 0 spiro atoms. The number of rotatable bonds is 3. The number of nitrogens with one attached hydrogen (secondary N) is 1. The van der Waals surface area contributed by atoms with Gasteiger partial charge < -0.3 is 5.32 Å². The Labute approximate surface area is 112 Å². The van der Waals surface area contributed by atoms with E-state index in [9.17, 15) is 14.9 Å². The van der Waals surface area contributed by atoms with Gasteiger partial charge in [0.2, 0.25) is 0 Å². The lowest BCUT2D eigenvalue weighted by Gasteiger charge is -2.17. The van der Waals surface area contributed by atoms with Crippen molar-refractivity contribution >= 4 is 27.5 Å². The molecule has 0 aromatic heterocycles. The lowest BCUT2D eigenvalue weighted by atomic mass is 10.1. The van der Waals surface area contributed by atoms with Gasteiger partial charge in [0.25, 0.3) is 11.6 Å². The van der Waals surface area contributed by atoms with Crippen molar-refractivity contribution in [1.29, 1.82) is 5.26 Å². The number of carbonyl (C=O) groups is 1. The Morgan fingerprint density at radius 1 is 1.56 bits per heavy atom. The molecule has 0 aliphatic carbocycles. The molecule has 0 saturated carbocycles. The second kappa shape index (κ2) is 5.14. The number of nitriles is 1. The summed E-state index contributed by atoms with van der Waals surface area (Å²) in [6.45, 7) is 3.08. The zero-order valence-electron chi connectivity index (χ0n) is 9.73. The zero-order chi connectivity index (χ0) is 13.9. The van der Waals surface area contributed by atoms with Crippen LogP contribution in [0.4, 0.5) is 5.69 Å². The van der Waals surface area contributed by atoms with Crippen molar-refractivity contribution in [2.24, 2.45) is 0 Å². The van der Waals surface area contributed by atoms with E-state index in [4.69, 9.17) is 5.26 Å². The standard InChI is InChI=1S/C11H10BrN3O3/c1-11(2,6-13)14-10(16)7-4-3-5-8(9(7)12)15(17)18/h3-5H,1-2H3,(H,14,16). The summed E-state index contributed by atoms with van der Waals surface area (Å²) in [7, 11) is 0. The predicted molar refractivity (Wildman–Crippen MR) is 68.0 cm³/mol. The van der Waals surface area contributed by atoms with Gasteiger partial charge in [-0.25, -0.2) is 0 Å². The highest BCUT2D eigenvalue weighted by molar-refractivity contribution is 9.10. The van der Waals surface area contributed by atoms with E-state index < -0.39 is 16.4 Å². The molecule has 0 aliphatic heterocycles. The van der Waals surface area contributed by atoms with Crippen molar-refractivity contribution < 1.29 is 9.72 Å². The first kappa shape index (κ1) is 14.1. The van der Waals surface area contributed by atoms with E-state index in [1.807, 2.05) is 6.07 Å². The first-order valence-corrected chi connectivity index (χ1v) is 5.74. The lowest BCUT2D eigenvalue weighted by Crippen LogP contribution is -2.42. The van der Waals surface area contributed by atoms with Gasteiger partial charge in [0.15, 0.2) is 0 Å². The number of hydrogen-bond donors (Lipinski definition) is 1. The molecule has 0 bridgehead atoms. The molecular weight excluding hydrogens is 302 g/mol. The van der Waals surface area contributed by atoms with Crippen molar-refractivity contribution in [3.63, 3.8) is 0 Å². The highest BCUT2D eigenvalue weighted by Gasteiger charge is 2.24. The molecule has 1 aromatic carbocycles. The number of nitro groups is 1. The van der Waals surface area contributed by atoms with E-state index in [1.54, 1.807) is 0 Å². The normalized spacial score (nSPS) is 10.6. The van der Waals surface area contributed by atoms with Gasteiger partial charge >= 0.3 is 0 Å². The Bertz CT molecular complexity index is 549. The highest BCUT2D eigenvalue weighted by atomic mass is 79.9. The molecule has 0 saturated heterocycles. The summed E-state index contributed by atoms with van der Waals surface area (Å²) in [6, 6.07) is 6.06. The maximum atomic E-state index is 11.9. The Morgan fingerprint density at radius 3 is 2.67 bits per heavy atom. The molecule has 1 N–H and O–H groups in total. The molecule has 0 fully saturated rings. The first-order valence-electron chi connectivity index (χ1n) is 4.95. The number of nitro benzene ring substituents is 1. The molecule has 0 atom stereocenters. The molecule has 94 valence electrons. The molecule has 18 heavy (non-hydrogen) atoms. The van der Waals surface area contributed by atoms with Crippen LogP contribution in [-0.4, -0.2) is 16.4 Å². The maximum Gasteiger partial charge on any atom is 0.284 e. The number of amides is 1. The molecule has 7 heteroatoms. The fraction of sp³-hybridized carbons (Fsp3) is 0.273. The van der Waals surface area contributed by atoms with Crippen LogP contribution in [0.5, 0.6) is 0 Å². The van der Waals surface area contributed by atoms with E-state index in [0.29, 0.717) is 0 Å². The molecule has 1 amide bonds. The third-order valence-electron chi connectivity index (χ3n) is 2.13. The summed E-state index contributed by atoms with van der Waals surface area (Å²) in [5.74, 6) is -0.544. The number of nitrogens with zero attached hydrogens (tertiary/aromatic N) is 2. The van der Waals surface area contributed by atoms with E-state index in [1.165, 1.54) is 32.0 Å². The Hall–Kier alpha value is -1.94. The third kappa shape index (κ3) is 3.05. The quantitative estimate of drug-likeness (QED) is 0.684. The van der Waals surface area contributed by atoms with Crippen LogP contribution in [0, 0.1) is 21.4 Å². The fourth-order valence-electron chi connectivity index (χ4n) is 1.22. The van der Waals surface area contributed by atoms with Crippen molar-refractivity contribution in [2.75, 3.05) is 0 Å².